The van der Waals surface area contributed by atoms with Gasteiger partial charge in [0.1, 0.15) is 0 Å². The third kappa shape index (κ3) is 2.82. The van der Waals surface area contributed by atoms with Crippen molar-refractivity contribution < 1.29 is 9.84 Å². The van der Waals surface area contributed by atoms with Gasteiger partial charge >= 0.3 is 0 Å². The minimum absolute atomic E-state index is 0.157. The first kappa shape index (κ1) is 10.7. The smallest absolute Gasteiger partial charge is 0.0588 e. The lowest BCUT2D eigenvalue weighted by molar-refractivity contribution is 0.0224. The third-order valence-corrected chi connectivity index (χ3v) is 2.87. The maximum atomic E-state index is 9.18. The zero-order valence-electron chi connectivity index (χ0n) is 8.62. The van der Waals surface area contributed by atoms with Gasteiger partial charge in [-0.1, -0.05) is 13.0 Å². The van der Waals surface area contributed by atoms with Gasteiger partial charge in [0.25, 0.3) is 0 Å². The monoisotopic (exact) mass is 184 g/mol. The summed E-state index contributed by atoms with van der Waals surface area (Å²) in [5.74, 6) is 0. The third-order valence-electron chi connectivity index (χ3n) is 2.87. The molecule has 1 aliphatic heterocycles. The summed E-state index contributed by atoms with van der Waals surface area (Å²) >= 11 is 0. The molecule has 2 heteroatoms. The quantitative estimate of drug-likeness (QED) is 0.678. The highest BCUT2D eigenvalue weighted by Crippen LogP contribution is 2.31. The number of aliphatic hydroxyl groups is 1. The predicted octanol–water partition coefficient (Wildman–Crippen LogP) is 2.13. The molecule has 3 unspecified atom stereocenters. The summed E-state index contributed by atoms with van der Waals surface area (Å²) in [6, 6.07) is 0. The molecule has 1 N–H and O–H groups in total. The van der Waals surface area contributed by atoms with E-state index >= 15 is 0 Å². The number of hydrogen-bond donors (Lipinski definition) is 1. The molecule has 1 rings (SSSR count). The normalized spacial score (nSPS) is 32.8. The van der Waals surface area contributed by atoms with Crippen molar-refractivity contribution in [1.29, 1.82) is 0 Å². The molecule has 1 fully saturated rings. The van der Waals surface area contributed by atoms with Crippen molar-refractivity contribution in [3.8, 4) is 0 Å². The number of hydrogen-bond acceptors (Lipinski definition) is 2. The van der Waals surface area contributed by atoms with Crippen LogP contribution >= 0.6 is 0 Å². The number of aliphatic hydroxyl groups excluding tert-OH is 1. The fourth-order valence-corrected chi connectivity index (χ4v) is 1.77. The summed E-state index contributed by atoms with van der Waals surface area (Å²) in [5.41, 5.74) is -0.172. The van der Waals surface area contributed by atoms with Crippen molar-refractivity contribution >= 4 is 0 Å². The fourth-order valence-electron chi connectivity index (χ4n) is 1.77. The van der Waals surface area contributed by atoms with E-state index in [1.54, 1.807) is 0 Å². The van der Waals surface area contributed by atoms with E-state index in [4.69, 9.17) is 4.74 Å². The summed E-state index contributed by atoms with van der Waals surface area (Å²) in [6.45, 7) is 8.03. The second kappa shape index (κ2) is 4.25. The minimum Gasteiger partial charge on any atom is -0.395 e. The van der Waals surface area contributed by atoms with E-state index in [1.165, 1.54) is 0 Å². The molecule has 0 aromatic heterocycles. The summed E-state index contributed by atoms with van der Waals surface area (Å²) in [6.07, 6.45) is 5.67. The van der Waals surface area contributed by atoms with Crippen LogP contribution in [0.4, 0.5) is 0 Å². The van der Waals surface area contributed by atoms with Crippen LogP contribution in [0.25, 0.3) is 0 Å². The van der Waals surface area contributed by atoms with Crippen LogP contribution < -0.4 is 0 Å². The van der Waals surface area contributed by atoms with Crippen molar-refractivity contribution in [1.82, 2.24) is 0 Å². The van der Waals surface area contributed by atoms with Gasteiger partial charge in [-0.15, -0.1) is 6.58 Å². The van der Waals surface area contributed by atoms with Gasteiger partial charge in [-0.2, -0.15) is 0 Å². The van der Waals surface area contributed by atoms with Gasteiger partial charge in [0.15, 0.2) is 0 Å². The van der Waals surface area contributed by atoms with Gasteiger partial charge in [-0.05, 0) is 26.2 Å². The molecule has 0 aliphatic carbocycles. The zero-order valence-corrected chi connectivity index (χ0v) is 8.62. The molecule has 2 nitrogen and oxygen atoms in total. The molecule has 1 saturated heterocycles. The topological polar surface area (TPSA) is 29.5 Å². The van der Waals surface area contributed by atoms with Crippen LogP contribution in [0, 0.1) is 5.41 Å². The lowest BCUT2D eigenvalue weighted by Crippen LogP contribution is -2.25. The van der Waals surface area contributed by atoms with Crippen molar-refractivity contribution in [3.63, 3.8) is 0 Å². The van der Waals surface area contributed by atoms with Crippen molar-refractivity contribution in [2.24, 2.45) is 5.41 Å². The summed E-state index contributed by atoms with van der Waals surface area (Å²) < 4.78 is 5.70. The fraction of sp³-hybridized carbons (Fsp3) is 0.818. The van der Waals surface area contributed by atoms with Crippen LogP contribution in [0.1, 0.15) is 33.1 Å². The zero-order chi connectivity index (χ0) is 9.90. The number of ether oxygens (including phenoxy) is 1. The van der Waals surface area contributed by atoms with Crippen LogP contribution in [-0.4, -0.2) is 23.9 Å². The van der Waals surface area contributed by atoms with E-state index in [0.29, 0.717) is 12.2 Å². The number of rotatable bonds is 4. The first-order valence-electron chi connectivity index (χ1n) is 4.99. The standard InChI is InChI=1S/C11H20O2/c1-4-11(3,8-12)7-10-6-5-9(2)13-10/h4,9-10,12H,1,5-8H2,2-3H3. The van der Waals surface area contributed by atoms with Gasteiger partial charge in [-0.25, -0.2) is 0 Å². The van der Waals surface area contributed by atoms with E-state index in [-0.39, 0.29) is 12.0 Å². The highest BCUT2D eigenvalue weighted by molar-refractivity contribution is 4.93. The Morgan fingerprint density at radius 3 is 2.69 bits per heavy atom. The lowest BCUT2D eigenvalue weighted by atomic mass is 9.85. The molecular weight excluding hydrogens is 164 g/mol. The molecule has 0 saturated carbocycles. The minimum atomic E-state index is -0.172. The molecule has 1 heterocycles. The molecule has 1 aliphatic rings. The summed E-state index contributed by atoms with van der Waals surface area (Å²) in [4.78, 5) is 0. The average Bonchev–Trinajstić information content (AvgIpc) is 2.51. The molecule has 0 amide bonds. The average molecular weight is 184 g/mol. The van der Waals surface area contributed by atoms with Crippen molar-refractivity contribution in [2.45, 2.75) is 45.3 Å². The second-order valence-corrected chi connectivity index (χ2v) is 4.37. The van der Waals surface area contributed by atoms with Gasteiger partial charge in [-0.3, -0.25) is 0 Å². The Bertz CT molecular complexity index is 179. The van der Waals surface area contributed by atoms with E-state index in [2.05, 4.69) is 13.5 Å². The van der Waals surface area contributed by atoms with Gasteiger partial charge in [0.05, 0.1) is 18.8 Å². The van der Waals surface area contributed by atoms with Gasteiger partial charge in [0.2, 0.25) is 0 Å². The molecule has 3 atom stereocenters. The van der Waals surface area contributed by atoms with Gasteiger partial charge in [0, 0.05) is 5.41 Å². The van der Waals surface area contributed by atoms with Crippen LogP contribution in [-0.2, 0) is 4.74 Å². The first-order valence-corrected chi connectivity index (χ1v) is 4.99. The van der Waals surface area contributed by atoms with E-state index < -0.39 is 0 Å². The Morgan fingerprint density at radius 2 is 2.31 bits per heavy atom. The highest BCUT2D eigenvalue weighted by Gasteiger charge is 2.29. The lowest BCUT2D eigenvalue weighted by Gasteiger charge is -2.26. The summed E-state index contributed by atoms with van der Waals surface area (Å²) in [7, 11) is 0. The Kier molecular flexibility index (Phi) is 3.51. The highest BCUT2D eigenvalue weighted by atomic mass is 16.5. The SMILES string of the molecule is C=CC(C)(CO)CC1CCC(C)O1. The molecule has 0 aromatic carbocycles. The van der Waals surface area contributed by atoms with Crippen LogP contribution in [0.3, 0.4) is 0 Å². The Labute approximate surface area is 80.6 Å². The van der Waals surface area contributed by atoms with E-state index in [9.17, 15) is 5.11 Å². The molecule has 76 valence electrons. The van der Waals surface area contributed by atoms with E-state index in [1.807, 2.05) is 13.0 Å². The maximum Gasteiger partial charge on any atom is 0.0588 e. The Morgan fingerprint density at radius 1 is 1.62 bits per heavy atom. The molecular formula is C11H20O2. The van der Waals surface area contributed by atoms with Crippen LogP contribution in [0.2, 0.25) is 0 Å². The van der Waals surface area contributed by atoms with Crippen LogP contribution in [0.15, 0.2) is 12.7 Å². The molecule has 0 spiro atoms. The molecule has 13 heavy (non-hydrogen) atoms. The van der Waals surface area contributed by atoms with Crippen molar-refractivity contribution in [2.75, 3.05) is 6.61 Å². The van der Waals surface area contributed by atoms with Crippen LogP contribution in [0.5, 0.6) is 0 Å². The Balaban J connectivity index is 2.43. The van der Waals surface area contributed by atoms with Gasteiger partial charge < -0.3 is 9.84 Å². The first-order chi connectivity index (χ1) is 6.09. The summed E-state index contributed by atoms with van der Waals surface area (Å²) in [5, 5.41) is 9.18. The maximum absolute atomic E-state index is 9.18. The largest absolute Gasteiger partial charge is 0.395 e. The Hall–Kier alpha value is -0.340. The van der Waals surface area contributed by atoms with Crippen molar-refractivity contribution in [3.05, 3.63) is 12.7 Å². The molecule has 0 radical (unpaired) electrons. The molecule has 0 aromatic rings. The molecule has 0 bridgehead atoms. The second-order valence-electron chi connectivity index (χ2n) is 4.37. The predicted molar refractivity (Wildman–Crippen MR) is 53.6 cm³/mol. The van der Waals surface area contributed by atoms with E-state index in [0.717, 1.165) is 19.3 Å².